The molecular formula is C17H26N6O4. The van der Waals surface area contributed by atoms with Gasteiger partial charge in [-0.05, 0) is 32.6 Å². The van der Waals surface area contributed by atoms with Crippen molar-refractivity contribution in [2.24, 2.45) is 5.92 Å². The lowest BCUT2D eigenvalue weighted by atomic mass is 9.85. The van der Waals surface area contributed by atoms with Gasteiger partial charge >= 0.3 is 6.09 Å². The van der Waals surface area contributed by atoms with Gasteiger partial charge in [-0.15, -0.1) is 0 Å². The van der Waals surface area contributed by atoms with Crippen LogP contribution in [0.1, 0.15) is 37.3 Å². The molecule has 0 bridgehead atoms. The van der Waals surface area contributed by atoms with Crippen molar-refractivity contribution >= 4 is 17.9 Å². The van der Waals surface area contributed by atoms with Crippen LogP contribution >= 0.6 is 0 Å². The molecule has 0 spiro atoms. The van der Waals surface area contributed by atoms with Gasteiger partial charge in [-0.2, -0.15) is 5.10 Å². The van der Waals surface area contributed by atoms with Gasteiger partial charge in [0.25, 0.3) is 0 Å². The van der Waals surface area contributed by atoms with Crippen molar-refractivity contribution in [1.29, 1.82) is 0 Å². The first kappa shape index (κ1) is 19.1. The van der Waals surface area contributed by atoms with Crippen molar-refractivity contribution in [1.82, 2.24) is 30.7 Å². The van der Waals surface area contributed by atoms with Crippen LogP contribution in [0.3, 0.4) is 0 Å². The second-order valence-electron chi connectivity index (χ2n) is 7.03. The quantitative estimate of drug-likeness (QED) is 0.608. The summed E-state index contributed by atoms with van der Waals surface area (Å²) in [5.41, 5.74) is 0. The molecule has 0 aromatic carbocycles. The summed E-state index contributed by atoms with van der Waals surface area (Å²) in [4.78, 5) is 41.3. The predicted molar refractivity (Wildman–Crippen MR) is 94.6 cm³/mol. The van der Waals surface area contributed by atoms with Crippen LogP contribution in [0.5, 0.6) is 0 Å². The molecule has 1 saturated carbocycles. The van der Waals surface area contributed by atoms with Crippen LogP contribution in [0, 0.1) is 12.8 Å². The van der Waals surface area contributed by atoms with Gasteiger partial charge in [-0.1, -0.05) is 0 Å². The van der Waals surface area contributed by atoms with Crippen LogP contribution in [-0.4, -0.2) is 70.3 Å². The Kier molecular flexibility index (Phi) is 6.25. The van der Waals surface area contributed by atoms with Gasteiger partial charge in [0.15, 0.2) is 5.82 Å². The number of aromatic nitrogens is 3. The maximum absolute atomic E-state index is 12.3. The number of cyclic esters (lactones) is 1. The Morgan fingerprint density at radius 3 is 2.70 bits per heavy atom. The van der Waals surface area contributed by atoms with Crippen LogP contribution in [-0.2, 0) is 20.7 Å². The van der Waals surface area contributed by atoms with E-state index in [-0.39, 0.29) is 30.3 Å². The van der Waals surface area contributed by atoms with Gasteiger partial charge in [0.05, 0.1) is 6.54 Å². The van der Waals surface area contributed by atoms with Crippen molar-refractivity contribution in [3.05, 3.63) is 11.6 Å². The van der Waals surface area contributed by atoms with Crippen molar-refractivity contribution < 1.29 is 19.1 Å². The van der Waals surface area contributed by atoms with Crippen molar-refractivity contribution in [2.75, 3.05) is 26.2 Å². The number of H-pyrrole nitrogens is 1. The van der Waals surface area contributed by atoms with E-state index < -0.39 is 6.09 Å². The van der Waals surface area contributed by atoms with Gasteiger partial charge in [0, 0.05) is 24.9 Å². The molecule has 2 aliphatic rings. The SMILES string of the molecule is Cc1nc(CCNC(=O)C2CCC(NC(=O)CN3CCOC3=O)CC2)n[nH]1. The highest BCUT2D eigenvalue weighted by molar-refractivity contribution is 5.83. The molecule has 0 radical (unpaired) electrons. The van der Waals surface area contributed by atoms with Crippen LogP contribution in [0.25, 0.3) is 0 Å². The van der Waals surface area contributed by atoms with E-state index in [0.717, 1.165) is 31.5 Å². The lowest BCUT2D eigenvalue weighted by molar-refractivity contribution is -0.126. The first-order valence-electron chi connectivity index (χ1n) is 9.38. The summed E-state index contributed by atoms with van der Waals surface area (Å²) in [7, 11) is 0. The van der Waals surface area contributed by atoms with Gasteiger partial charge in [0.1, 0.15) is 19.0 Å². The molecule has 1 aliphatic carbocycles. The third kappa shape index (κ3) is 5.41. The second-order valence-corrected chi connectivity index (χ2v) is 7.03. The molecular weight excluding hydrogens is 352 g/mol. The van der Waals surface area contributed by atoms with E-state index in [9.17, 15) is 14.4 Å². The lowest BCUT2D eigenvalue weighted by Gasteiger charge is -2.28. The second kappa shape index (κ2) is 8.83. The highest BCUT2D eigenvalue weighted by atomic mass is 16.6. The lowest BCUT2D eigenvalue weighted by Crippen LogP contribution is -2.45. The fraction of sp³-hybridized carbons (Fsp3) is 0.706. The number of rotatable bonds is 7. The molecule has 1 aromatic rings. The summed E-state index contributed by atoms with van der Waals surface area (Å²) in [6, 6.07) is 0.0522. The molecule has 1 aliphatic heterocycles. The molecule has 0 unspecified atom stereocenters. The van der Waals surface area contributed by atoms with E-state index in [1.54, 1.807) is 0 Å². The van der Waals surface area contributed by atoms with Crippen molar-refractivity contribution in [3.63, 3.8) is 0 Å². The smallest absolute Gasteiger partial charge is 0.410 e. The fourth-order valence-corrected chi connectivity index (χ4v) is 3.46. The van der Waals surface area contributed by atoms with Crippen LogP contribution in [0.2, 0.25) is 0 Å². The average Bonchev–Trinajstić information content (AvgIpc) is 3.24. The standard InChI is InChI=1S/C17H26N6O4/c1-11-19-14(22-21-11)6-7-18-16(25)12-2-4-13(5-3-12)20-15(24)10-23-8-9-27-17(23)26/h12-13H,2-10H2,1H3,(H,18,25)(H,20,24)(H,19,21,22). The van der Waals surface area contributed by atoms with E-state index in [1.165, 1.54) is 4.90 Å². The largest absolute Gasteiger partial charge is 0.448 e. The number of ether oxygens (including phenoxy) is 1. The van der Waals surface area contributed by atoms with E-state index in [4.69, 9.17) is 4.74 Å². The van der Waals surface area contributed by atoms with Crippen LogP contribution < -0.4 is 10.6 Å². The summed E-state index contributed by atoms with van der Waals surface area (Å²) in [6.45, 7) is 3.16. The topological polar surface area (TPSA) is 129 Å². The van der Waals surface area contributed by atoms with Crippen molar-refractivity contribution in [3.8, 4) is 0 Å². The summed E-state index contributed by atoms with van der Waals surface area (Å²) >= 11 is 0. The molecule has 10 heteroatoms. The predicted octanol–water partition coefficient (Wildman–Crippen LogP) is -0.101. The maximum Gasteiger partial charge on any atom is 0.410 e. The van der Waals surface area contributed by atoms with E-state index in [1.807, 2.05) is 6.92 Å². The number of hydrogen-bond acceptors (Lipinski definition) is 6. The Hall–Kier alpha value is -2.65. The summed E-state index contributed by atoms with van der Waals surface area (Å²) in [5.74, 6) is 1.30. The summed E-state index contributed by atoms with van der Waals surface area (Å²) < 4.78 is 4.81. The molecule has 0 atom stereocenters. The Labute approximate surface area is 157 Å². The Morgan fingerprint density at radius 2 is 2.07 bits per heavy atom. The minimum atomic E-state index is -0.439. The summed E-state index contributed by atoms with van der Waals surface area (Å²) in [6.07, 6.45) is 3.15. The first-order chi connectivity index (χ1) is 13.0. The monoisotopic (exact) mass is 378 g/mol. The summed E-state index contributed by atoms with van der Waals surface area (Å²) in [5, 5.41) is 12.7. The van der Waals surface area contributed by atoms with E-state index >= 15 is 0 Å². The maximum atomic E-state index is 12.3. The Morgan fingerprint density at radius 1 is 1.30 bits per heavy atom. The minimum absolute atomic E-state index is 0.0272. The number of amides is 3. The molecule has 1 aromatic heterocycles. The number of aryl methyl sites for hydroxylation is 1. The highest BCUT2D eigenvalue weighted by Gasteiger charge is 2.29. The molecule has 3 rings (SSSR count). The zero-order chi connectivity index (χ0) is 19.2. The molecule has 2 heterocycles. The Bertz CT molecular complexity index is 683. The van der Waals surface area contributed by atoms with E-state index in [2.05, 4.69) is 25.8 Å². The van der Waals surface area contributed by atoms with Gasteiger partial charge < -0.3 is 15.4 Å². The average molecular weight is 378 g/mol. The third-order valence-corrected chi connectivity index (χ3v) is 4.93. The first-order valence-corrected chi connectivity index (χ1v) is 9.38. The zero-order valence-electron chi connectivity index (χ0n) is 15.5. The number of aromatic amines is 1. The molecule has 2 fully saturated rings. The minimum Gasteiger partial charge on any atom is -0.448 e. The number of carbonyl (C=O) groups excluding carboxylic acids is 3. The number of carbonyl (C=O) groups is 3. The van der Waals surface area contributed by atoms with Gasteiger partial charge in [0.2, 0.25) is 11.8 Å². The molecule has 3 amide bonds. The molecule has 148 valence electrons. The Balaban J connectivity index is 1.32. The van der Waals surface area contributed by atoms with Crippen LogP contribution in [0.15, 0.2) is 0 Å². The van der Waals surface area contributed by atoms with Gasteiger partial charge in [-0.3, -0.25) is 19.6 Å². The normalized spacial score (nSPS) is 22.4. The number of nitrogens with zero attached hydrogens (tertiary/aromatic N) is 3. The van der Waals surface area contributed by atoms with E-state index in [0.29, 0.717) is 31.9 Å². The number of hydrogen-bond donors (Lipinski definition) is 3. The molecule has 10 nitrogen and oxygen atoms in total. The van der Waals surface area contributed by atoms with Crippen LogP contribution in [0.4, 0.5) is 4.79 Å². The molecule has 1 saturated heterocycles. The number of nitrogens with one attached hydrogen (secondary N) is 3. The van der Waals surface area contributed by atoms with Gasteiger partial charge in [-0.25, -0.2) is 9.78 Å². The fourth-order valence-electron chi connectivity index (χ4n) is 3.46. The molecule has 27 heavy (non-hydrogen) atoms. The zero-order valence-corrected chi connectivity index (χ0v) is 15.5. The third-order valence-electron chi connectivity index (χ3n) is 4.93. The highest BCUT2D eigenvalue weighted by Crippen LogP contribution is 2.24. The molecule has 3 N–H and O–H groups in total. The van der Waals surface area contributed by atoms with Crippen molar-refractivity contribution in [2.45, 2.75) is 45.1 Å².